The zero-order valence-electron chi connectivity index (χ0n) is 17.8. The van der Waals surface area contributed by atoms with Crippen molar-refractivity contribution >= 4 is 23.5 Å². The summed E-state index contributed by atoms with van der Waals surface area (Å²) >= 11 is 0. The van der Waals surface area contributed by atoms with Gasteiger partial charge in [-0.15, -0.1) is 0 Å². The fourth-order valence-electron chi connectivity index (χ4n) is 5.44. The van der Waals surface area contributed by atoms with Crippen LogP contribution in [0.1, 0.15) is 16.8 Å². The van der Waals surface area contributed by atoms with Crippen LogP contribution in [0.25, 0.3) is 11.1 Å². The van der Waals surface area contributed by atoms with Crippen molar-refractivity contribution in [3.05, 3.63) is 96.6 Å². The summed E-state index contributed by atoms with van der Waals surface area (Å²) in [6, 6.07) is 23.8. The minimum absolute atomic E-state index is 0.147. The molecule has 5 nitrogen and oxygen atoms in total. The van der Waals surface area contributed by atoms with Crippen LogP contribution in [0.2, 0.25) is 0 Å². The number of benzene rings is 3. The molecule has 0 N–H and O–H groups in total. The van der Waals surface area contributed by atoms with Gasteiger partial charge in [0.25, 0.3) is 0 Å². The maximum atomic E-state index is 13.1. The van der Waals surface area contributed by atoms with E-state index in [1.165, 1.54) is 4.90 Å². The summed E-state index contributed by atoms with van der Waals surface area (Å²) in [6.07, 6.45) is 5.02. The monoisotopic (exact) mass is 435 g/mol. The molecule has 3 aliphatic rings. The number of nitrogens with zero attached hydrogens (tertiary/aromatic N) is 1. The number of fused-ring (bicyclic) bond motifs is 5. The minimum Gasteiger partial charge on any atom is -0.423 e. The predicted molar refractivity (Wildman–Crippen MR) is 123 cm³/mol. The molecule has 0 spiro atoms. The largest absolute Gasteiger partial charge is 0.423 e. The van der Waals surface area contributed by atoms with Crippen LogP contribution in [0.3, 0.4) is 0 Å². The van der Waals surface area contributed by atoms with Crippen LogP contribution in [0.4, 0.5) is 5.69 Å². The van der Waals surface area contributed by atoms with Gasteiger partial charge in [0.15, 0.2) is 0 Å². The van der Waals surface area contributed by atoms with E-state index in [0.29, 0.717) is 17.0 Å². The fourth-order valence-corrected chi connectivity index (χ4v) is 5.44. The first-order chi connectivity index (χ1) is 16.1. The van der Waals surface area contributed by atoms with Crippen molar-refractivity contribution in [1.82, 2.24) is 0 Å². The summed E-state index contributed by atoms with van der Waals surface area (Å²) in [6.45, 7) is 0. The van der Waals surface area contributed by atoms with Gasteiger partial charge < -0.3 is 4.74 Å². The molecule has 1 saturated heterocycles. The smallest absolute Gasteiger partial charge is 0.343 e. The number of hydrogen-bond donors (Lipinski definition) is 0. The third kappa shape index (κ3) is 3.20. The van der Waals surface area contributed by atoms with Crippen LogP contribution in [-0.2, 0) is 9.59 Å². The highest BCUT2D eigenvalue weighted by Crippen LogP contribution is 2.53. The van der Waals surface area contributed by atoms with E-state index >= 15 is 0 Å². The molecule has 1 aliphatic heterocycles. The van der Waals surface area contributed by atoms with E-state index in [1.807, 2.05) is 42.5 Å². The van der Waals surface area contributed by atoms with Gasteiger partial charge in [0.2, 0.25) is 11.8 Å². The van der Waals surface area contributed by atoms with Gasteiger partial charge in [-0.25, -0.2) is 9.69 Å². The van der Waals surface area contributed by atoms with Crippen molar-refractivity contribution in [2.24, 2.45) is 23.7 Å². The van der Waals surface area contributed by atoms with Crippen molar-refractivity contribution in [3.63, 3.8) is 0 Å². The first kappa shape index (κ1) is 19.7. The lowest BCUT2D eigenvalue weighted by Crippen LogP contribution is -2.33. The molecule has 6 rings (SSSR count). The summed E-state index contributed by atoms with van der Waals surface area (Å²) < 4.78 is 5.54. The summed E-state index contributed by atoms with van der Waals surface area (Å²) in [7, 11) is 0. The quantitative estimate of drug-likeness (QED) is 0.254. The van der Waals surface area contributed by atoms with E-state index in [2.05, 4.69) is 12.2 Å². The Hall–Kier alpha value is -3.99. The van der Waals surface area contributed by atoms with Crippen molar-refractivity contribution in [2.75, 3.05) is 4.90 Å². The molecule has 3 aromatic carbocycles. The highest BCUT2D eigenvalue weighted by atomic mass is 16.5. The van der Waals surface area contributed by atoms with E-state index < -0.39 is 5.97 Å². The van der Waals surface area contributed by atoms with Gasteiger partial charge in [0.05, 0.1) is 23.1 Å². The Morgan fingerprint density at radius 3 is 2.06 bits per heavy atom. The van der Waals surface area contributed by atoms with Gasteiger partial charge in [-0.05, 0) is 59.7 Å². The summed E-state index contributed by atoms with van der Waals surface area (Å²) in [5.41, 5.74) is 2.82. The van der Waals surface area contributed by atoms with Gasteiger partial charge in [0.1, 0.15) is 5.75 Å². The van der Waals surface area contributed by atoms with Crippen LogP contribution in [0, 0.1) is 23.7 Å². The van der Waals surface area contributed by atoms with E-state index in [-0.39, 0.29) is 35.5 Å². The molecule has 2 aliphatic carbocycles. The number of carbonyl (C=O) groups excluding carboxylic acids is 3. The maximum Gasteiger partial charge on any atom is 0.343 e. The number of esters is 1. The van der Waals surface area contributed by atoms with E-state index in [9.17, 15) is 14.4 Å². The number of hydrogen-bond acceptors (Lipinski definition) is 4. The van der Waals surface area contributed by atoms with Gasteiger partial charge in [-0.3, -0.25) is 9.59 Å². The molecule has 33 heavy (non-hydrogen) atoms. The Morgan fingerprint density at radius 1 is 0.758 bits per heavy atom. The molecule has 0 unspecified atom stereocenters. The lowest BCUT2D eigenvalue weighted by atomic mass is 9.85. The summed E-state index contributed by atoms with van der Waals surface area (Å²) in [5.74, 6) is -0.687. The Balaban J connectivity index is 1.20. The highest BCUT2D eigenvalue weighted by Gasteiger charge is 2.59. The topological polar surface area (TPSA) is 63.7 Å². The van der Waals surface area contributed by atoms with Crippen LogP contribution < -0.4 is 9.64 Å². The van der Waals surface area contributed by atoms with Gasteiger partial charge in [-0.1, -0.05) is 60.7 Å². The Labute approximate surface area is 191 Å². The number of amides is 2. The first-order valence-electron chi connectivity index (χ1n) is 11.1. The van der Waals surface area contributed by atoms with Gasteiger partial charge in [0, 0.05) is 0 Å². The Bertz CT molecular complexity index is 1260. The van der Waals surface area contributed by atoms with Crippen molar-refractivity contribution in [2.45, 2.75) is 6.42 Å². The average Bonchev–Trinajstić information content (AvgIpc) is 3.54. The predicted octanol–water partition coefficient (Wildman–Crippen LogP) is 4.88. The normalized spacial score (nSPS) is 24.9. The second-order valence-electron chi connectivity index (χ2n) is 8.84. The third-order valence-corrected chi connectivity index (χ3v) is 6.98. The molecular formula is C28H21NO4. The molecule has 1 saturated carbocycles. The summed E-state index contributed by atoms with van der Waals surface area (Å²) in [5, 5.41) is 0. The van der Waals surface area contributed by atoms with Crippen LogP contribution in [0.5, 0.6) is 5.75 Å². The zero-order valence-corrected chi connectivity index (χ0v) is 17.8. The molecule has 1 heterocycles. The number of rotatable bonds is 4. The molecule has 4 atom stereocenters. The Morgan fingerprint density at radius 2 is 1.39 bits per heavy atom. The molecule has 0 radical (unpaired) electrons. The molecule has 2 bridgehead atoms. The highest BCUT2D eigenvalue weighted by molar-refractivity contribution is 6.23. The lowest BCUT2D eigenvalue weighted by molar-refractivity contribution is -0.123. The molecule has 2 fully saturated rings. The molecule has 0 aromatic heterocycles. The van der Waals surface area contributed by atoms with E-state index in [1.54, 1.807) is 36.4 Å². The van der Waals surface area contributed by atoms with Crippen molar-refractivity contribution in [3.8, 4) is 16.9 Å². The van der Waals surface area contributed by atoms with Crippen molar-refractivity contribution < 1.29 is 19.1 Å². The molecule has 5 heteroatoms. The van der Waals surface area contributed by atoms with E-state index in [4.69, 9.17) is 4.74 Å². The summed E-state index contributed by atoms with van der Waals surface area (Å²) in [4.78, 5) is 40.2. The lowest BCUT2D eigenvalue weighted by Gasteiger charge is -2.18. The van der Waals surface area contributed by atoms with E-state index in [0.717, 1.165) is 17.5 Å². The second kappa shape index (κ2) is 7.55. The number of ether oxygens (including phenoxy) is 1. The minimum atomic E-state index is -0.537. The van der Waals surface area contributed by atoms with Crippen LogP contribution in [0.15, 0.2) is 91.0 Å². The fraction of sp³-hybridized carbons (Fsp3) is 0.179. The molecule has 2 amide bonds. The molecule has 162 valence electrons. The third-order valence-electron chi connectivity index (χ3n) is 6.98. The van der Waals surface area contributed by atoms with Gasteiger partial charge >= 0.3 is 5.97 Å². The average molecular weight is 435 g/mol. The van der Waals surface area contributed by atoms with Crippen LogP contribution >= 0.6 is 0 Å². The van der Waals surface area contributed by atoms with Crippen LogP contribution in [-0.4, -0.2) is 17.8 Å². The first-order valence-corrected chi connectivity index (χ1v) is 11.1. The molecular weight excluding hydrogens is 414 g/mol. The molecule has 3 aromatic rings. The number of anilines is 1. The second-order valence-corrected chi connectivity index (χ2v) is 8.84. The number of imide groups is 1. The SMILES string of the molecule is O=C(Oc1ccc(-c2ccccc2)cc1)c1cccc(N2C(=O)[C@@H]3[C@@H](C2=O)[C@H]2C=C[C@H]3C2)c1. The maximum absolute atomic E-state index is 13.1. The standard InChI is InChI=1S/C28H21NO4/c30-26-24-19-9-10-20(15-19)25(24)27(31)29(26)22-8-4-7-21(16-22)28(32)33-23-13-11-18(12-14-23)17-5-2-1-3-6-17/h1-14,16,19-20,24-25H,15H2/t19-,20-,24-,25-/m0/s1. The van der Waals surface area contributed by atoms with Crippen molar-refractivity contribution in [1.29, 1.82) is 0 Å². The number of allylic oxidation sites excluding steroid dienone is 2. The Kier molecular flexibility index (Phi) is 4.50. The number of carbonyl (C=O) groups is 3. The van der Waals surface area contributed by atoms with Gasteiger partial charge in [-0.2, -0.15) is 0 Å². The zero-order chi connectivity index (χ0) is 22.5.